The number of hydrogen-bond acceptors (Lipinski definition) is 3. The number of carbonyl (C=O) groups excluding carboxylic acids is 2. The third-order valence-electron chi connectivity index (χ3n) is 4.06. The number of hydrogen-bond donors (Lipinski definition) is 2. The van der Waals surface area contributed by atoms with Gasteiger partial charge in [0.25, 0.3) is 0 Å². The lowest BCUT2D eigenvalue weighted by Gasteiger charge is -2.29. The molecule has 0 aliphatic carbocycles. The maximum Gasteiger partial charge on any atom is 0.233 e. The third-order valence-corrected chi connectivity index (χ3v) is 4.06. The second-order valence-corrected chi connectivity index (χ2v) is 6.79. The Bertz CT molecular complexity index is 566. The Labute approximate surface area is 135 Å². The van der Waals surface area contributed by atoms with Crippen molar-refractivity contribution in [3.8, 4) is 5.75 Å². The fourth-order valence-electron chi connectivity index (χ4n) is 2.71. The number of rotatable bonds is 5. The minimum atomic E-state index is -0.666. The second kappa shape index (κ2) is 6.98. The van der Waals surface area contributed by atoms with E-state index in [1.54, 1.807) is 0 Å². The molecule has 1 fully saturated rings. The van der Waals surface area contributed by atoms with E-state index < -0.39 is 5.92 Å². The lowest BCUT2D eigenvalue weighted by atomic mass is 9.74. The number of nitrogens with one attached hydrogen (secondary N) is 2. The normalized spacial score (nSPS) is 21.0. The van der Waals surface area contributed by atoms with Gasteiger partial charge in [-0.15, -0.1) is 0 Å². The Morgan fingerprint density at radius 3 is 2.61 bits per heavy atom. The van der Waals surface area contributed by atoms with Crippen LogP contribution in [0.2, 0.25) is 0 Å². The monoisotopic (exact) mass is 322 g/mol. The van der Waals surface area contributed by atoms with Crippen molar-refractivity contribution in [1.82, 2.24) is 10.6 Å². The van der Waals surface area contributed by atoms with E-state index in [9.17, 15) is 14.0 Å². The van der Waals surface area contributed by atoms with E-state index in [2.05, 4.69) is 10.6 Å². The molecule has 0 radical (unpaired) electrons. The lowest BCUT2D eigenvalue weighted by molar-refractivity contribution is -0.135. The van der Waals surface area contributed by atoms with E-state index in [-0.39, 0.29) is 42.1 Å². The summed E-state index contributed by atoms with van der Waals surface area (Å²) in [5.41, 5.74) is -0.133. The van der Waals surface area contributed by atoms with Crippen LogP contribution in [-0.4, -0.2) is 31.5 Å². The van der Waals surface area contributed by atoms with Crippen LogP contribution in [0.1, 0.15) is 20.8 Å². The van der Waals surface area contributed by atoms with Gasteiger partial charge in [-0.25, -0.2) is 4.39 Å². The van der Waals surface area contributed by atoms with Gasteiger partial charge in [0.15, 0.2) is 0 Å². The van der Waals surface area contributed by atoms with Gasteiger partial charge in [0, 0.05) is 12.5 Å². The molecule has 2 unspecified atom stereocenters. The predicted molar refractivity (Wildman–Crippen MR) is 84.3 cm³/mol. The van der Waals surface area contributed by atoms with Gasteiger partial charge >= 0.3 is 0 Å². The lowest BCUT2D eigenvalue weighted by Crippen LogP contribution is -2.42. The maximum atomic E-state index is 12.8. The molecule has 5 nitrogen and oxygen atoms in total. The molecule has 1 aromatic rings. The van der Waals surface area contributed by atoms with Crippen molar-refractivity contribution in [2.45, 2.75) is 20.8 Å². The highest BCUT2D eigenvalue weighted by atomic mass is 19.1. The van der Waals surface area contributed by atoms with Crippen LogP contribution < -0.4 is 15.4 Å². The molecular formula is C17H23FN2O3. The molecule has 0 saturated carbocycles. The second-order valence-electron chi connectivity index (χ2n) is 6.79. The number of halogens is 1. The third kappa shape index (κ3) is 4.43. The van der Waals surface area contributed by atoms with E-state index in [0.717, 1.165) is 0 Å². The first kappa shape index (κ1) is 17.2. The highest BCUT2D eigenvalue weighted by Gasteiger charge is 2.45. The molecule has 0 aromatic heterocycles. The van der Waals surface area contributed by atoms with Crippen molar-refractivity contribution in [3.05, 3.63) is 30.1 Å². The molecule has 6 heteroatoms. The van der Waals surface area contributed by atoms with Crippen LogP contribution in [0, 0.1) is 23.1 Å². The van der Waals surface area contributed by atoms with Gasteiger partial charge in [-0.1, -0.05) is 20.8 Å². The van der Waals surface area contributed by atoms with Crippen LogP contribution in [0.5, 0.6) is 5.75 Å². The standard InChI is InChI=1S/C17H23FN2O3/c1-17(2,3)13-10-20-16(22)14(13)15(21)19-8-9-23-12-6-4-11(18)5-7-12/h4-7,13-14H,8-10H2,1-3H3,(H,19,21)(H,20,22). The molecule has 2 N–H and O–H groups in total. The zero-order valence-corrected chi connectivity index (χ0v) is 13.7. The van der Waals surface area contributed by atoms with Gasteiger partial charge < -0.3 is 15.4 Å². The Morgan fingerprint density at radius 1 is 1.35 bits per heavy atom. The van der Waals surface area contributed by atoms with Crippen LogP contribution in [0.4, 0.5) is 4.39 Å². The summed E-state index contributed by atoms with van der Waals surface area (Å²) in [6.45, 7) is 7.14. The molecule has 1 aliphatic heterocycles. The summed E-state index contributed by atoms with van der Waals surface area (Å²) in [5.74, 6) is -0.990. The van der Waals surface area contributed by atoms with Crippen molar-refractivity contribution in [3.63, 3.8) is 0 Å². The zero-order chi connectivity index (χ0) is 17.0. The minimum absolute atomic E-state index is 0.0342. The molecule has 1 aromatic carbocycles. The Hall–Kier alpha value is -2.11. The summed E-state index contributed by atoms with van der Waals surface area (Å²) in [4.78, 5) is 24.2. The van der Waals surface area contributed by atoms with Crippen molar-refractivity contribution in [1.29, 1.82) is 0 Å². The Morgan fingerprint density at radius 2 is 2.00 bits per heavy atom. The van der Waals surface area contributed by atoms with Gasteiger partial charge in [0.05, 0.1) is 6.54 Å². The Kier molecular flexibility index (Phi) is 5.23. The van der Waals surface area contributed by atoms with E-state index in [0.29, 0.717) is 12.3 Å². The number of carbonyl (C=O) groups is 2. The molecular weight excluding hydrogens is 299 g/mol. The van der Waals surface area contributed by atoms with Crippen LogP contribution in [-0.2, 0) is 9.59 Å². The summed E-state index contributed by atoms with van der Waals surface area (Å²) in [6.07, 6.45) is 0. The van der Waals surface area contributed by atoms with Crippen molar-refractivity contribution < 1.29 is 18.7 Å². The van der Waals surface area contributed by atoms with E-state index >= 15 is 0 Å². The van der Waals surface area contributed by atoms with Crippen LogP contribution in [0.25, 0.3) is 0 Å². The maximum absolute atomic E-state index is 12.8. The van der Waals surface area contributed by atoms with Gasteiger partial charge in [0.1, 0.15) is 24.1 Å². The van der Waals surface area contributed by atoms with Crippen molar-refractivity contribution >= 4 is 11.8 Å². The molecule has 2 amide bonds. The topological polar surface area (TPSA) is 67.4 Å². The van der Waals surface area contributed by atoms with Crippen LogP contribution >= 0.6 is 0 Å². The SMILES string of the molecule is CC(C)(C)C1CNC(=O)C1C(=O)NCCOc1ccc(F)cc1. The van der Waals surface area contributed by atoms with Gasteiger partial charge in [-0.05, 0) is 29.7 Å². The number of benzene rings is 1. The van der Waals surface area contributed by atoms with Crippen molar-refractivity contribution in [2.75, 3.05) is 19.7 Å². The number of amides is 2. The summed E-state index contributed by atoms with van der Waals surface area (Å²) < 4.78 is 18.2. The molecule has 2 atom stereocenters. The smallest absolute Gasteiger partial charge is 0.233 e. The summed E-state index contributed by atoms with van der Waals surface area (Å²) >= 11 is 0. The largest absolute Gasteiger partial charge is 0.492 e. The molecule has 0 spiro atoms. The average molecular weight is 322 g/mol. The summed E-state index contributed by atoms with van der Waals surface area (Å²) in [5, 5.41) is 5.50. The Balaban J connectivity index is 1.82. The van der Waals surface area contributed by atoms with Gasteiger partial charge in [0.2, 0.25) is 11.8 Å². The average Bonchev–Trinajstić information content (AvgIpc) is 2.87. The van der Waals surface area contributed by atoms with E-state index in [1.807, 2.05) is 20.8 Å². The highest BCUT2D eigenvalue weighted by molar-refractivity contribution is 6.02. The molecule has 2 rings (SSSR count). The fraction of sp³-hybridized carbons (Fsp3) is 0.529. The number of ether oxygens (including phenoxy) is 1. The molecule has 1 heterocycles. The fourth-order valence-corrected chi connectivity index (χ4v) is 2.71. The molecule has 1 saturated heterocycles. The van der Waals surface area contributed by atoms with Crippen LogP contribution in [0.3, 0.4) is 0 Å². The summed E-state index contributed by atoms with van der Waals surface area (Å²) in [6, 6.07) is 5.67. The van der Waals surface area contributed by atoms with E-state index in [4.69, 9.17) is 4.74 Å². The summed E-state index contributed by atoms with van der Waals surface area (Å²) in [7, 11) is 0. The highest BCUT2D eigenvalue weighted by Crippen LogP contribution is 2.35. The molecule has 1 aliphatic rings. The molecule has 126 valence electrons. The molecule has 0 bridgehead atoms. The minimum Gasteiger partial charge on any atom is -0.492 e. The zero-order valence-electron chi connectivity index (χ0n) is 13.7. The first-order chi connectivity index (χ1) is 10.8. The van der Waals surface area contributed by atoms with Gasteiger partial charge in [-0.3, -0.25) is 9.59 Å². The molecule has 23 heavy (non-hydrogen) atoms. The quantitative estimate of drug-likeness (QED) is 0.641. The van der Waals surface area contributed by atoms with Gasteiger partial charge in [-0.2, -0.15) is 0 Å². The van der Waals surface area contributed by atoms with Crippen LogP contribution in [0.15, 0.2) is 24.3 Å². The first-order valence-electron chi connectivity index (χ1n) is 7.73. The van der Waals surface area contributed by atoms with Crippen molar-refractivity contribution in [2.24, 2.45) is 17.3 Å². The predicted octanol–water partition coefficient (Wildman–Crippen LogP) is 1.73. The van der Waals surface area contributed by atoms with E-state index in [1.165, 1.54) is 24.3 Å². The first-order valence-corrected chi connectivity index (χ1v) is 7.73.